The highest BCUT2D eigenvalue weighted by atomic mass is 14.9. The van der Waals surface area contributed by atoms with Gasteiger partial charge in [-0.2, -0.15) is 9.83 Å². The highest BCUT2D eigenvalue weighted by molar-refractivity contribution is 5.85. The minimum atomic E-state index is -2.15. The van der Waals surface area contributed by atoms with Gasteiger partial charge in [-0.15, -0.1) is 0 Å². The van der Waals surface area contributed by atoms with Crippen LogP contribution < -0.4 is 4.57 Å². The third-order valence-corrected chi connectivity index (χ3v) is 5.22. The summed E-state index contributed by atoms with van der Waals surface area (Å²) in [5, 5.41) is 9.26. The first kappa shape index (κ1) is 12.4. The lowest BCUT2D eigenvalue weighted by Crippen LogP contribution is -2.35. The molecule has 25 heavy (non-hydrogen) atoms. The van der Waals surface area contributed by atoms with E-state index in [0.29, 0.717) is 11.1 Å². The molecule has 0 aliphatic heterocycles. The van der Waals surface area contributed by atoms with E-state index in [0.717, 1.165) is 40.1 Å². The molecule has 0 fully saturated rings. The van der Waals surface area contributed by atoms with Crippen LogP contribution in [0.5, 0.6) is 0 Å². The van der Waals surface area contributed by atoms with Gasteiger partial charge in [0.25, 0.3) is 0 Å². The molecule has 2 heteroatoms. The number of nitriles is 1. The fourth-order valence-corrected chi connectivity index (χ4v) is 3.84. The van der Waals surface area contributed by atoms with Crippen molar-refractivity contribution in [3.63, 3.8) is 0 Å². The summed E-state index contributed by atoms with van der Waals surface area (Å²) in [7, 11) is 1.97. The molecule has 2 aromatic carbocycles. The SMILES string of the molecule is [2H]C([2H])([2H])c1cc(C)[n+](C)c(-c2c(C)ccc3c2Cc2ccc(C#N)cc2-3)c1. The van der Waals surface area contributed by atoms with Crippen LogP contribution in [0.1, 0.15) is 37.6 Å². The van der Waals surface area contributed by atoms with Gasteiger partial charge in [-0.25, -0.2) is 0 Å². The van der Waals surface area contributed by atoms with Crippen molar-refractivity contribution in [3.8, 4) is 28.5 Å². The van der Waals surface area contributed by atoms with Crippen LogP contribution in [-0.2, 0) is 13.5 Å². The minimum absolute atomic E-state index is 0.359. The normalized spacial score (nSPS) is 14.1. The van der Waals surface area contributed by atoms with Crippen LogP contribution in [0, 0.1) is 32.0 Å². The van der Waals surface area contributed by atoms with Gasteiger partial charge in [0.2, 0.25) is 5.69 Å². The highest BCUT2D eigenvalue weighted by Crippen LogP contribution is 2.42. The lowest BCUT2D eigenvalue weighted by atomic mass is 9.93. The van der Waals surface area contributed by atoms with E-state index in [1.54, 1.807) is 12.1 Å². The van der Waals surface area contributed by atoms with Gasteiger partial charge in [0.1, 0.15) is 7.05 Å². The average molecular weight is 328 g/mol. The molecule has 0 unspecified atom stereocenters. The number of aryl methyl sites for hydroxylation is 3. The van der Waals surface area contributed by atoms with Crippen LogP contribution in [0.2, 0.25) is 0 Å². The summed E-state index contributed by atoms with van der Waals surface area (Å²) in [5.74, 6) is 0. The van der Waals surface area contributed by atoms with E-state index >= 15 is 0 Å². The number of hydrogen-bond donors (Lipinski definition) is 0. The summed E-state index contributed by atoms with van der Waals surface area (Å²) >= 11 is 0. The molecule has 0 saturated carbocycles. The van der Waals surface area contributed by atoms with Gasteiger partial charge in [0.15, 0.2) is 5.69 Å². The first-order valence-corrected chi connectivity index (χ1v) is 8.38. The van der Waals surface area contributed by atoms with Gasteiger partial charge in [-0.05, 0) is 65.7 Å². The Morgan fingerprint density at radius 2 is 1.92 bits per heavy atom. The Morgan fingerprint density at radius 1 is 1.08 bits per heavy atom. The molecule has 0 radical (unpaired) electrons. The van der Waals surface area contributed by atoms with Crippen molar-refractivity contribution >= 4 is 0 Å². The third kappa shape index (κ3) is 2.36. The largest absolute Gasteiger partial charge is 0.213 e. The molecule has 0 atom stereocenters. The van der Waals surface area contributed by atoms with Gasteiger partial charge in [-0.3, -0.25) is 0 Å². The molecule has 3 aromatic rings. The van der Waals surface area contributed by atoms with E-state index in [-0.39, 0.29) is 0 Å². The lowest BCUT2D eigenvalue weighted by molar-refractivity contribution is -0.666. The number of fused-ring (bicyclic) bond motifs is 3. The van der Waals surface area contributed by atoms with E-state index in [4.69, 9.17) is 4.11 Å². The molecule has 0 bridgehead atoms. The maximum Gasteiger partial charge on any atom is 0.213 e. The summed E-state index contributed by atoms with van der Waals surface area (Å²) in [6.07, 6.45) is 0.782. The molecule has 0 spiro atoms. The standard InChI is InChI=1S/C23H21N2/c1-14-9-16(3)25(4)22(10-14)23-15(2)5-8-19-20-11-17(13-24)6-7-18(20)12-21(19)23/h5-11H,12H2,1-4H3/q+1/i1D3. The number of aromatic nitrogens is 1. The molecule has 2 nitrogen and oxygen atoms in total. The monoisotopic (exact) mass is 328 g/mol. The van der Waals surface area contributed by atoms with Gasteiger partial charge < -0.3 is 0 Å². The first-order valence-electron chi connectivity index (χ1n) is 9.88. The molecule has 4 rings (SSSR count). The van der Waals surface area contributed by atoms with Gasteiger partial charge in [0, 0.05) is 23.2 Å². The summed E-state index contributed by atoms with van der Waals surface area (Å²) in [5.41, 5.74) is 9.66. The summed E-state index contributed by atoms with van der Waals surface area (Å²) in [4.78, 5) is 0. The van der Waals surface area contributed by atoms with E-state index in [1.165, 1.54) is 11.1 Å². The van der Waals surface area contributed by atoms with E-state index in [1.807, 2.05) is 32.2 Å². The molecule has 1 aliphatic carbocycles. The zero-order valence-electron chi connectivity index (χ0n) is 17.6. The fourth-order valence-electron chi connectivity index (χ4n) is 3.84. The molecule has 0 amide bonds. The van der Waals surface area contributed by atoms with Crippen molar-refractivity contribution in [2.75, 3.05) is 0 Å². The number of benzene rings is 2. The van der Waals surface area contributed by atoms with Crippen LogP contribution in [0.25, 0.3) is 22.4 Å². The maximum absolute atomic E-state index is 9.26. The second kappa shape index (κ2) is 5.57. The highest BCUT2D eigenvalue weighted by Gasteiger charge is 2.27. The molecule has 1 aromatic heterocycles. The van der Waals surface area contributed by atoms with Gasteiger partial charge in [-0.1, -0.05) is 18.2 Å². The van der Waals surface area contributed by atoms with Crippen LogP contribution >= 0.6 is 0 Å². The Labute approximate surface area is 153 Å². The fraction of sp³-hybridized carbons (Fsp3) is 0.217. The van der Waals surface area contributed by atoms with Gasteiger partial charge >= 0.3 is 0 Å². The topological polar surface area (TPSA) is 27.7 Å². The Kier molecular flexibility index (Phi) is 2.77. The third-order valence-electron chi connectivity index (χ3n) is 5.22. The quantitative estimate of drug-likeness (QED) is 0.471. The van der Waals surface area contributed by atoms with Crippen LogP contribution in [0.15, 0.2) is 42.5 Å². The van der Waals surface area contributed by atoms with Crippen molar-refractivity contribution in [3.05, 3.63) is 76.0 Å². The van der Waals surface area contributed by atoms with Crippen molar-refractivity contribution in [2.24, 2.45) is 7.05 Å². The predicted molar refractivity (Wildman–Crippen MR) is 100 cm³/mol. The van der Waals surface area contributed by atoms with Gasteiger partial charge in [0.05, 0.1) is 17.2 Å². The average Bonchev–Trinajstić information content (AvgIpc) is 3.00. The first-order chi connectivity index (χ1) is 13.2. The molecule has 0 saturated heterocycles. The Morgan fingerprint density at radius 3 is 2.68 bits per heavy atom. The zero-order valence-corrected chi connectivity index (χ0v) is 14.6. The Hall–Kier alpha value is -2.92. The molecule has 1 heterocycles. The number of hydrogen-bond acceptors (Lipinski definition) is 1. The molecular formula is C23H21N2+. The van der Waals surface area contributed by atoms with E-state index in [9.17, 15) is 5.26 Å². The van der Waals surface area contributed by atoms with Crippen molar-refractivity contribution in [1.29, 1.82) is 5.26 Å². The van der Waals surface area contributed by atoms with Crippen molar-refractivity contribution in [2.45, 2.75) is 27.1 Å². The second-order valence-electron chi connectivity index (χ2n) is 6.77. The van der Waals surface area contributed by atoms with Crippen LogP contribution in [0.4, 0.5) is 0 Å². The lowest BCUT2D eigenvalue weighted by Gasteiger charge is -2.12. The van der Waals surface area contributed by atoms with E-state index in [2.05, 4.69) is 29.7 Å². The number of nitrogens with zero attached hydrogens (tertiary/aromatic N) is 2. The Bertz CT molecular complexity index is 1170. The second-order valence-corrected chi connectivity index (χ2v) is 6.77. The smallest absolute Gasteiger partial charge is 0.199 e. The molecule has 0 N–H and O–H groups in total. The summed E-state index contributed by atoms with van der Waals surface area (Å²) in [6.45, 7) is 1.85. The van der Waals surface area contributed by atoms with E-state index < -0.39 is 6.85 Å². The Balaban J connectivity index is 1.99. The molecule has 1 aliphatic rings. The summed E-state index contributed by atoms with van der Waals surface area (Å²) in [6, 6.07) is 15.8. The van der Waals surface area contributed by atoms with Crippen LogP contribution in [-0.4, -0.2) is 0 Å². The predicted octanol–water partition coefficient (Wildman–Crippen LogP) is 4.55. The van der Waals surface area contributed by atoms with Crippen molar-refractivity contribution in [1.82, 2.24) is 0 Å². The number of pyridine rings is 1. The van der Waals surface area contributed by atoms with Crippen molar-refractivity contribution < 1.29 is 8.68 Å². The zero-order chi connectivity index (χ0) is 20.2. The molecule has 122 valence electrons. The van der Waals surface area contributed by atoms with Crippen LogP contribution in [0.3, 0.4) is 0 Å². The maximum atomic E-state index is 9.26. The number of rotatable bonds is 1. The molecular weight excluding hydrogens is 304 g/mol. The minimum Gasteiger partial charge on any atom is -0.199 e. The summed E-state index contributed by atoms with van der Waals surface area (Å²) < 4.78 is 25.6.